The molecule has 2 amide bonds. The Morgan fingerprint density at radius 1 is 1.09 bits per heavy atom. The molecule has 0 unspecified atom stereocenters. The summed E-state index contributed by atoms with van der Waals surface area (Å²) in [4.78, 5) is 18.3. The van der Waals surface area contributed by atoms with Crippen LogP contribution in [0.15, 0.2) is 48.8 Å². The first kappa shape index (κ1) is 14.3. The second-order valence-corrected chi connectivity index (χ2v) is 4.94. The molecule has 2 aromatic rings. The molecule has 3 rings (SSSR count). The van der Waals surface area contributed by atoms with Crippen molar-refractivity contribution < 1.29 is 9.53 Å². The highest BCUT2D eigenvalue weighted by Crippen LogP contribution is 2.26. The van der Waals surface area contributed by atoms with Crippen molar-refractivity contribution in [3.63, 3.8) is 0 Å². The van der Waals surface area contributed by atoms with Gasteiger partial charge in [0.15, 0.2) is 0 Å². The smallest absolute Gasteiger partial charge is 0.323 e. The van der Waals surface area contributed by atoms with Crippen LogP contribution in [0.4, 0.5) is 21.9 Å². The van der Waals surface area contributed by atoms with Crippen LogP contribution in [0.5, 0.6) is 0 Å². The highest BCUT2D eigenvalue weighted by atomic mass is 16.5. The zero-order chi connectivity index (χ0) is 15.2. The number of aromatic nitrogens is 1. The van der Waals surface area contributed by atoms with Gasteiger partial charge in [0.1, 0.15) is 0 Å². The van der Waals surface area contributed by atoms with Crippen molar-refractivity contribution in [3.8, 4) is 0 Å². The monoisotopic (exact) mass is 298 g/mol. The van der Waals surface area contributed by atoms with E-state index in [2.05, 4.69) is 20.5 Å². The molecule has 0 atom stereocenters. The molecular formula is C16H18N4O2. The van der Waals surface area contributed by atoms with Crippen LogP contribution in [0.3, 0.4) is 0 Å². The maximum Gasteiger partial charge on any atom is 0.323 e. The van der Waals surface area contributed by atoms with Crippen LogP contribution in [0.25, 0.3) is 0 Å². The molecular weight excluding hydrogens is 280 g/mol. The van der Waals surface area contributed by atoms with Crippen LogP contribution >= 0.6 is 0 Å². The predicted molar refractivity (Wildman–Crippen MR) is 86.4 cm³/mol. The van der Waals surface area contributed by atoms with Gasteiger partial charge in [0.25, 0.3) is 0 Å². The molecule has 0 aliphatic carbocycles. The van der Waals surface area contributed by atoms with E-state index < -0.39 is 0 Å². The predicted octanol–water partition coefficient (Wildman–Crippen LogP) is 2.56. The van der Waals surface area contributed by atoms with Crippen LogP contribution in [0.1, 0.15) is 0 Å². The van der Waals surface area contributed by atoms with Crippen molar-refractivity contribution in [1.29, 1.82) is 0 Å². The molecule has 2 N–H and O–H groups in total. The summed E-state index contributed by atoms with van der Waals surface area (Å²) in [5.41, 5.74) is 2.45. The molecule has 114 valence electrons. The normalized spacial score (nSPS) is 14.5. The number of carbonyl (C=O) groups excluding carboxylic acids is 1. The number of para-hydroxylation sites is 2. The lowest BCUT2D eigenvalue weighted by Gasteiger charge is -2.30. The maximum atomic E-state index is 12.1. The molecule has 6 nitrogen and oxygen atoms in total. The quantitative estimate of drug-likeness (QED) is 0.914. The fourth-order valence-electron chi connectivity index (χ4n) is 2.38. The van der Waals surface area contributed by atoms with Gasteiger partial charge >= 0.3 is 6.03 Å². The van der Waals surface area contributed by atoms with Gasteiger partial charge in [-0.25, -0.2) is 4.79 Å². The summed E-state index contributed by atoms with van der Waals surface area (Å²) in [7, 11) is 0. The minimum atomic E-state index is -0.284. The molecule has 1 aromatic heterocycles. The van der Waals surface area contributed by atoms with E-state index in [9.17, 15) is 4.79 Å². The zero-order valence-corrected chi connectivity index (χ0v) is 12.2. The van der Waals surface area contributed by atoms with E-state index in [-0.39, 0.29) is 6.03 Å². The van der Waals surface area contributed by atoms with Gasteiger partial charge in [-0.3, -0.25) is 4.98 Å². The van der Waals surface area contributed by atoms with Crippen molar-refractivity contribution in [3.05, 3.63) is 48.8 Å². The van der Waals surface area contributed by atoms with Crippen LogP contribution in [-0.4, -0.2) is 37.3 Å². The second-order valence-electron chi connectivity index (χ2n) is 4.94. The number of urea groups is 1. The van der Waals surface area contributed by atoms with Crippen LogP contribution in [0.2, 0.25) is 0 Å². The Morgan fingerprint density at radius 2 is 1.91 bits per heavy atom. The number of nitrogens with zero attached hydrogens (tertiary/aromatic N) is 2. The zero-order valence-electron chi connectivity index (χ0n) is 12.2. The maximum absolute atomic E-state index is 12.1. The summed E-state index contributed by atoms with van der Waals surface area (Å²) < 4.78 is 5.37. The summed E-state index contributed by atoms with van der Waals surface area (Å²) in [6.45, 7) is 3.05. The number of ether oxygens (including phenoxy) is 1. The second kappa shape index (κ2) is 6.91. The Bertz CT molecular complexity index is 627. The number of hydrogen-bond acceptors (Lipinski definition) is 4. The van der Waals surface area contributed by atoms with E-state index in [1.54, 1.807) is 24.5 Å². The van der Waals surface area contributed by atoms with Crippen LogP contribution < -0.4 is 15.5 Å². The van der Waals surface area contributed by atoms with E-state index in [1.165, 1.54) is 0 Å². The average Bonchev–Trinajstić information content (AvgIpc) is 2.57. The fourth-order valence-corrected chi connectivity index (χ4v) is 2.38. The first-order valence-corrected chi connectivity index (χ1v) is 7.23. The Labute approximate surface area is 129 Å². The number of morpholine rings is 1. The molecule has 1 aromatic carbocycles. The van der Waals surface area contributed by atoms with Crippen molar-refractivity contribution in [1.82, 2.24) is 4.98 Å². The molecule has 22 heavy (non-hydrogen) atoms. The van der Waals surface area contributed by atoms with Gasteiger partial charge in [-0.05, 0) is 24.3 Å². The van der Waals surface area contributed by atoms with E-state index in [0.717, 1.165) is 24.5 Å². The first-order valence-electron chi connectivity index (χ1n) is 7.23. The Hall–Kier alpha value is -2.60. The van der Waals surface area contributed by atoms with Gasteiger partial charge in [0.05, 0.1) is 36.5 Å². The number of benzene rings is 1. The third-order valence-corrected chi connectivity index (χ3v) is 3.42. The molecule has 0 bridgehead atoms. The number of carbonyl (C=O) groups is 1. The number of hydrogen-bond donors (Lipinski definition) is 2. The van der Waals surface area contributed by atoms with Crippen molar-refractivity contribution in [2.24, 2.45) is 0 Å². The van der Waals surface area contributed by atoms with Gasteiger partial charge in [-0.2, -0.15) is 0 Å². The lowest BCUT2D eigenvalue weighted by atomic mass is 10.2. The fraction of sp³-hybridized carbons (Fsp3) is 0.250. The van der Waals surface area contributed by atoms with Gasteiger partial charge in [-0.15, -0.1) is 0 Å². The molecule has 0 saturated carbocycles. The van der Waals surface area contributed by atoms with Crippen molar-refractivity contribution in [2.45, 2.75) is 0 Å². The third kappa shape index (κ3) is 3.53. The van der Waals surface area contributed by atoms with Gasteiger partial charge in [0.2, 0.25) is 0 Å². The standard InChI is InChI=1S/C16H18N4O2/c21-16(18-13-4-3-7-17-12-13)19-14-5-1-2-6-15(14)20-8-10-22-11-9-20/h1-7,12H,8-11H2,(H2,18,19,21). The molecule has 1 aliphatic rings. The largest absolute Gasteiger partial charge is 0.378 e. The number of nitrogens with one attached hydrogen (secondary N) is 2. The SMILES string of the molecule is O=C(Nc1cccnc1)Nc1ccccc1N1CCOCC1. The number of rotatable bonds is 3. The summed E-state index contributed by atoms with van der Waals surface area (Å²) in [5, 5.41) is 5.66. The summed E-state index contributed by atoms with van der Waals surface area (Å²) in [5.74, 6) is 0. The highest BCUT2D eigenvalue weighted by molar-refractivity contribution is 6.01. The van der Waals surface area contributed by atoms with E-state index >= 15 is 0 Å². The lowest BCUT2D eigenvalue weighted by Crippen LogP contribution is -2.37. The molecule has 0 radical (unpaired) electrons. The average molecular weight is 298 g/mol. The Morgan fingerprint density at radius 3 is 2.68 bits per heavy atom. The minimum absolute atomic E-state index is 0.284. The van der Waals surface area contributed by atoms with Gasteiger partial charge in [-0.1, -0.05) is 12.1 Å². The third-order valence-electron chi connectivity index (χ3n) is 3.42. The molecule has 1 saturated heterocycles. The molecule has 6 heteroatoms. The number of anilines is 3. The van der Waals surface area contributed by atoms with Crippen LogP contribution in [0, 0.1) is 0 Å². The Kier molecular flexibility index (Phi) is 4.50. The highest BCUT2D eigenvalue weighted by Gasteiger charge is 2.15. The van der Waals surface area contributed by atoms with Crippen molar-refractivity contribution in [2.75, 3.05) is 41.8 Å². The molecule has 1 fully saturated rings. The summed E-state index contributed by atoms with van der Waals surface area (Å²) in [6.07, 6.45) is 3.27. The summed E-state index contributed by atoms with van der Waals surface area (Å²) in [6, 6.07) is 11.1. The topological polar surface area (TPSA) is 66.5 Å². The number of pyridine rings is 1. The number of amides is 2. The van der Waals surface area contributed by atoms with Crippen molar-refractivity contribution >= 4 is 23.1 Å². The van der Waals surface area contributed by atoms with Gasteiger partial charge in [0, 0.05) is 19.3 Å². The van der Waals surface area contributed by atoms with E-state index in [4.69, 9.17) is 4.74 Å². The summed E-state index contributed by atoms with van der Waals surface area (Å²) >= 11 is 0. The minimum Gasteiger partial charge on any atom is -0.378 e. The molecule has 0 spiro atoms. The van der Waals surface area contributed by atoms with E-state index in [0.29, 0.717) is 18.9 Å². The lowest BCUT2D eigenvalue weighted by molar-refractivity contribution is 0.123. The van der Waals surface area contributed by atoms with E-state index in [1.807, 2.05) is 24.3 Å². The molecule has 2 heterocycles. The first-order chi connectivity index (χ1) is 10.8. The Balaban J connectivity index is 1.70. The van der Waals surface area contributed by atoms with Crippen LogP contribution in [-0.2, 0) is 4.74 Å². The van der Waals surface area contributed by atoms with Gasteiger partial charge < -0.3 is 20.3 Å². The molecule has 1 aliphatic heterocycles.